The minimum atomic E-state index is -0.664. The molecule has 2 aromatic rings. The van der Waals surface area contributed by atoms with E-state index >= 15 is 0 Å². The summed E-state index contributed by atoms with van der Waals surface area (Å²) in [6.07, 6.45) is 3.75. The van der Waals surface area contributed by atoms with Gasteiger partial charge in [-0.3, -0.25) is 24.0 Å². The third-order valence-electron chi connectivity index (χ3n) is 7.18. The Kier molecular flexibility index (Phi) is 5.53. The van der Waals surface area contributed by atoms with Gasteiger partial charge in [0.25, 0.3) is 0 Å². The van der Waals surface area contributed by atoms with E-state index in [2.05, 4.69) is 11.4 Å². The van der Waals surface area contributed by atoms with E-state index in [1.54, 1.807) is 14.0 Å². The van der Waals surface area contributed by atoms with E-state index in [0.717, 1.165) is 36.7 Å². The Morgan fingerprint density at radius 2 is 1.76 bits per heavy atom. The van der Waals surface area contributed by atoms with Gasteiger partial charge in [0, 0.05) is 26.1 Å². The van der Waals surface area contributed by atoms with Crippen LogP contribution in [-0.4, -0.2) is 50.6 Å². The van der Waals surface area contributed by atoms with E-state index in [1.165, 1.54) is 11.1 Å². The maximum absolute atomic E-state index is 13.4. The molecule has 3 aliphatic heterocycles. The molecule has 5 rings (SSSR count). The molecule has 1 aromatic heterocycles. The molecule has 1 unspecified atom stereocenters. The molecule has 1 N–H and O–H groups in total. The molecule has 0 spiro atoms. The summed E-state index contributed by atoms with van der Waals surface area (Å²) in [5.74, 6) is -0.390. The molecule has 4 heterocycles. The van der Waals surface area contributed by atoms with Gasteiger partial charge in [-0.25, -0.2) is 9.59 Å². The summed E-state index contributed by atoms with van der Waals surface area (Å²) in [6, 6.07) is 3.40. The lowest BCUT2D eigenvalue weighted by atomic mass is 9.84. The number of hydrogen-bond acceptors (Lipinski definition) is 5. The van der Waals surface area contributed by atoms with Gasteiger partial charge < -0.3 is 9.64 Å². The number of amides is 3. The highest BCUT2D eigenvalue weighted by molar-refractivity contribution is 6.00. The highest BCUT2D eigenvalue weighted by Crippen LogP contribution is 2.37. The van der Waals surface area contributed by atoms with Crippen LogP contribution in [0.2, 0.25) is 0 Å². The first-order chi connectivity index (χ1) is 16.1. The van der Waals surface area contributed by atoms with E-state index in [-0.39, 0.29) is 24.1 Å². The largest absolute Gasteiger partial charge is 0.444 e. The number of carbonyl (C=O) groups is 3. The second kappa shape index (κ2) is 8.29. The molecule has 2 fully saturated rings. The zero-order chi connectivity index (χ0) is 24.2. The standard InChI is InChI=1S/C25H32N4O5/c1-25(2,3)34-24(33)27-13-10-15(11-14-27)16-6-7-18-21-17(16)5-4-12-28(21)23(32)29(18)19-8-9-20(30)26-22(19)31/h6-7,15,19H,4-5,8-14H2,1-3H3,(H,26,30,31). The van der Waals surface area contributed by atoms with Crippen LogP contribution in [0.4, 0.5) is 4.79 Å². The molecule has 1 aromatic carbocycles. The third-order valence-corrected chi connectivity index (χ3v) is 7.18. The number of rotatable bonds is 2. The van der Waals surface area contributed by atoms with E-state index in [1.807, 2.05) is 26.8 Å². The van der Waals surface area contributed by atoms with Crippen molar-refractivity contribution in [1.82, 2.24) is 19.4 Å². The molecule has 3 amide bonds. The zero-order valence-electron chi connectivity index (χ0n) is 20.1. The molecular weight excluding hydrogens is 436 g/mol. The van der Waals surface area contributed by atoms with Gasteiger partial charge in [-0.2, -0.15) is 0 Å². The average molecular weight is 469 g/mol. The number of likely N-dealkylation sites (tertiary alicyclic amines) is 1. The molecule has 9 heteroatoms. The van der Waals surface area contributed by atoms with Crippen molar-refractivity contribution in [3.05, 3.63) is 33.7 Å². The van der Waals surface area contributed by atoms with Gasteiger partial charge >= 0.3 is 11.8 Å². The number of nitrogens with one attached hydrogen (secondary N) is 1. The number of piperidine rings is 2. The summed E-state index contributed by atoms with van der Waals surface area (Å²) in [7, 11) is 0. The van der Waals surface area contributed by atoms with Crippen LogP contribution in [0.25, 0.3) is 11.0 Å². The lowest BCUT2D eigenvalue weighted by Gasteiger charge is -2.34. The summed E-state index contributed by atoms with van der Waals surface area (Å²) >= 11 is 0. The molecule has 182 valence electrons. The number of ether oxygens (including phenoxy) is 1. The van der Waals surface area contributed by atoms with Crippen LogP contribution in [0.5, 0.6) is 0 Å². The second-order valence-corrected chi connectivity index (χ2v) is 10.6. The van der Waals surface area contributed by atoms with Crippen molar-refractivity contribution < 1.29 is 19.1 Å². The van der Waals surface area contributed by atoms with Crippen molar-refractivity contribution in [2.75, 3.05) is 13.1 Å². The molecule has 0 saturated carbocycles. The molecule has 1 atom stereocenters. The van der Waals surface area contributed by atoms with Crippen molar-refractivity contribution in [1.29, 1.82) is 0 Å². The zero-order valence-corrected chi connectivity index (χ0v) is 20.1. The van der Waals surface area contributed by atoms with Crippen LogP contribution in [0, 0.1) is 0 Å². The molecule has 34 heavy (non-hydrogen) atoms. The van der Waals surface area contributed by atoms with Crippen molar-refractivity contribution in [2.24, 2.45) is 0 Å². The lowest BCUT2D eigenvalue weighted by molar-refractivity contribution is -0.135. The van der Waals surface area contributed by atoms with Crippen molar-refractivity contribution >= 4 is 28.9 Å². The Labute approximate surface area is 198 Å². The number of hydrogen-bond donors (Lipinski definition) is 1. The summed E-state index contributed by atoms with van der Waals surface area (Å²) < 4.78 is 8.91. The lowest BCUT2D eigenvalue weighted by Crippen LogP contribution is -2.44. The topological polar surface area (TPSA) is 103 Å². The minimum Gasteiger partial charge on any atom is -0.444 e. The molecule has 0 bridgehead atoms. The van der Waals surface area contributed by atoms with Crippen molar-refractivity contribution in [3.8, 4) is 0 Å². The van der Waals surface area contributed by atoms with Crippen molar-refractivity contribution in [2.45, 2.75) is 83.4 Å². The predicted octanol–water partition coefficient (Wildman–Crippen LogP) is 2.84. The van der Waals surface area contributed by atoms with E-state index in [0.29, 0.717) is 32.0 Å². The number of benzene rings is 1. The first kappa shape index (κ1) is 22.7. The van der Waals surface area contributed by atoms with Crippen LogP contribution in [0.15, 0.2) is 16.9 Å². The smallest absolute Gasteiger partial charge is 0.410 e. The minimum absolute atomic E-state index is 0.178. The van der Waals surface area contributed by atoms with E-state index in [9.17, 15) is 19.2 Å². The fraction of sp³-hybridized carbons (Fsp3) is 0.600. The van der Waals surface area contributed by atoms with Gasteiger partial charge in [0.2, 0.25) is 11.8 Å². The predicted molar refractivity (Wildman–Crippen MR) is 126 cm³/mol. The molecule has 9 nitrogen and oxygen atoms in total. The number of imidazole rings is 1. The van der Waals surface area contributed by atoms with E-state index < -0.39 is 17.6 Å². The Morgan fingerprint density at radius 3 is 2.44 bits per heavy atom. The first-order valence-electron chi connectivity index (χ1n) is 12.2. The van der Waals surface area contributed by atoms with Gasteiger partial charge in [-0.15, -0.1) is 0 Å². The van der Waals surface area contributed by atoms with Crippen LogP contribution < -0.4 is 11.0 Å². The Hall–Kier alpha value is -3.10. The third kappa shape index (κ3) is 3.91. The van der Waals surface area contributed by atoms with Crippen LogP contribution >= 0.6 is 0 Å². The highest BCUT2D eigenvalue weighted by Gasteiger charge is 2.34. The highest BCUT2D eigenvalue weighted by atomic mass is 16.6. The number of aromatic nitrogens is 2. The van der Waals surface area contributed by atoms with Gasteiger partial charge in [0.05, 0.1) is 11.0 Å². The van der Waals surface area contributed by atoms with Gasteiger partial charge in [-0.05, 0) is 76.0 Å². The monoisotopic (exact) mass is 468 g/mol. The van der Waals surface area contributed by atoms with Crippen LogP contribution in [0.3, 0.4) is 0 Å². The quantitative estimate of drug-likeness (QED) is 0.683. The summed E-state index contributed by atoms with van der Waals surface area (Å²) in [5.41, 5.74) is 3.43. The van der Waals surface area contributed by atoms with E-state index in [4.69, 9.17) is 4.74 Å². The van der Waals surface area contributed by atoms with Crippen molar-refractivity contribution in [3.63, 3.8) is 0 Å². The fourth-order valence-corrected chi connectivity index (χ4v) is 5.66. The maximum atomic E-state index is 13.4. The van der Waals surface area contributed by atoms with Crippen LogP contribution in [0.1, 0.15) is 76.0 Å². The molecule has 0 radical (unpaired) electrons. The number of nitrogens with zero attached hydrogens (tertiary/aromatic N) is 3. The molecule has 2 saturated heterocycles. The Bertz CT molecular complexity index is 1230. The maximum Gasteiger partial charge on any atom is 0.410 e. The number of carbonyl (C=O) groups excluding carboxylic acids is 3. The summed E-state index contributed by atoms with van der Waals surface area (Å²) in [6.45, 7) is 7.53. The molecule has 0 aliphatic carbocycles. The molecular formula is C25H32N4O5. The Balaban J connectivity index is 1.45. The molecule has 3 aliphatic rings. The summed E-state index contributed by atoms with van der Waals surface area (Å²) in [5, 5.41) is 2.38. The van der Waals surface area contributed by atoms with Gasteiger partial charge in [0.1, 0.15) is 11.6 Å². The fourth-order valence-electron chi connectivity index (χ4n) is 5.66. The number of imide groups is 1. The van der Waals surface area contributed by atoms with Gasteiger partial charge in [-0.1, -0.05) is 6.07 Å². The average Bonchev–Trinajstić information content (AvgIpc) is 3.06. The first-order valence-corrected chi connectivity index (χ1v) is 12.2. The normalized spacial score (nSPS) is 21.6. The van der Waals surface area contributed by atoms with Gasteiger partial charge in [0.15, 0.2) is 0 Å². The number of aryl methyl sites for hydroxylation is 2. The summed E-state index contributed by atoms with van der Waals surface area (Å²) in [4.78, 5) is 51.8. The van der Waals surface area contributed by atoms with Crippen LogP contribution in [-0.2, 0) is 27.3 Å². The second-order valence-electron chi connectivity index (χ2n) is 10.6. The SMILES string of the molecule is CC(C)(C)OC(=O)N1CCC(c2ccc3c4c2CCCn4c(=O)n3C2CCC(=O)NC2=O)CC1. The Morgan fingerprint density at radius 1 is 1.03 bits per heavy atom.